The lowest BCUT2D eigenvalue weighted by atomic mass is 10.00. The van der Waals surface area contributed by atoms with E-state index >= 15 is 0 Å². The number of halogens is 1. The molecule has 1 fully saturated rings. The fraction of sp³-hybridized carbons (Fsp3) is 0.278. The number of aromatic carboxylic acids is 1. The molecule has 1 saturated heterocycles. The van der Waals surface area contributed by atoms with Crippen LogP contribution in [0.4, 0.5) is 0 Å². The van der Waals surface area contributed by atoms with Gasteiger partial charge in [0.1, 0.15) is 0 Å². The van der Waals surface area contributed by atoms with Crippen molar-refractivity contribution < 1.29 is 18.3 Å². The first-order valence-electron chi connectivity index (χ1n) is 8.03. The maximum atomic E-state index is 12.7. The Balaban J connectivity index is 1.96. The zero-order valence-electron chi connectivity index (χ0n) is 13.5. The average molecular weight is 380 g/mol. The number of carbonyl (C=O) groups is 1. The Morgan fingerprint density at radius 1 is 1.00 bits per heavy atom. The summed E-state index contributed by atoms with van der Waals surface area (Å²) in [5, 5.41) is 9.52. The number of sulfonamides is 1. The van der Waals surface area contributed by atoms with E-state index in [1.54, 1.807) is 24.3 Å². The summed E-state index contributed by atoms with van der Waals surface area (Å²) < 4.78 is 26.9. The second-order valence-electron chi connectivity index (χ2n) is 5.96. The fourth-order valence-electron chi connectivity index (χ4n) is 3.04. The summed E-state index contributed by atoms with van der Waals surface area (Å²) in [5.41, 5.74) is 1.08. The molecule has 2 aromatic carbocycles. The number of benzene rings is 2. The van der Waals surface area contributed by atoms with Gasteiger partial charge in [0.25, 0.3) is 0 Å². The Morgan fingerprint density at radius 2 is 1.64 bits per heavy atom. The van der Waals surface area contributed by atoms with Crippen LogP contribution in [0.5, 0.6) is 0 Å². The van der Waals surface area contributed by atoms with Gasteiger partial charge in [-0.15, -0.1) is 0 Å². The molecule has 25 heavy (non-hydrogen) atoms. The van der Waals surface area contributed by atoms with Gasteiger partial charge in [0.2, 0.25) is 10.0 Å². The van der Waals surface area contributed by atoms with Gasteiger partial charge in [-0.25, -0.2) is 13.2 Å². The summed E-state index contributed by atoms with van der Waals surface area (Å²) >= 11 is 6.00. The van der Waals surface area contributed by atoms with Crippen molar-refractivity contribution >= 4 is 27.6 Å². The lowest BCUT2D eigenvalue weighted by Gasteiger charge is -2.25. The maximum absolute atomic E-state index is 12.7. The predicted molar refractivity (Wildman–Crippen MR) is 96.5 cm³/mol. The number of hydrogen-bond acceptors (Lipinski definition) is 3. The molecule has 132 valence electrons. The highest BCUT2D eigenvalue weighted by Gasteiger charge is 2.26. The summed E-state index contributed by atoms with van der Waals surface area (Å²) in [4.78, 5) is 11.7. The van der Waals surface area contributed by atoms with Crippen LogP contribution in [0.2, 0.25) is 5.02 Å². The zero-order chi connectivity index (χ0) is 18.0. The topological polar surface area (TPSA) is 74.7 Å². The van der Waals surface area contributed by atoms with Gasteiger partial charge in [0, 0.05) is 13.1 Å². The van der Waals surface area contributed by atoms with Crippen LogP contribution in [0.15, 0.2) is 47.4 Å². The first-order chi connectivity index (χ1) is 11.9. The van der Waals surface area contributed by atoms with E-state index in [1.807, 2.05) is 0 Å². The first-order valence-corrected chi connectivity index (χ1v) is 9.85. The van der Waals surface area contributed by atoms with Crippen LogP contribution in [0, 0.1) is 0 Å². The molecule has 0 saturated carbocycles. The average Bonchev–Trinajstić information content (AvgIpc) is 2.62. The van der Waals surface area contributed by atoms with Gasteiger partial charge in [-0.1, -0.05) is 42.3 Å². The third-order valence-electron chi connectivity index (χ3n) is 4.35. The molecular weight excluding hydrogens is 362 g/mol. The molecule has 0 amide bonds. The van der Waals surface area contributed by atoms with Crippen molar-refractivity contribution in [1.82, 2.24) is 4.31 Å². The minimum atomic E-state index is -3.50. The molecule has 0 atom stereocenters. The summed E-state index contributed by atoms with van der Waals surface area (Å²) in [6.07, 6.45) is 2.81. The summed E-state index contributed by atoms with van der Waals surface area (Å²) in [5.74, 6) is -1.12. The van der Waals surface area contributed by atoms with E-state index in [0.29, 0.717) is 24.2 Å². The molecule has 1 heterocycles. The number of nitrogens with zero attached hydrogens (tertiary/aromatic N) is 1. The normalized spacial score (nSPS) is 15.9. The number of piperidine rings is 1. The molecule has 1 aliphatic rings. The smallest absolute Gasteiger partial charge is 0.337 e. The van der Waals surface area contributed by atoms with E-state index in [9.17, 15) is 18.3 Å². The van der Waals surface area contributed by atoms with Crippen LogP contribution in [-0.4, -0.2) is 36.9 Å². The summed E-state index contributed by atoms with van der Waals surface area (Å²) in [7, 11) is -3.50. The third-order valence-corrected chi connectivity index (χ3v) is 6.57. The van der Waals surface area contributed by atoms with E-state index in [-0.39, 0.29) is 15.5 Å². The van der Waals surface area contributed by atoms with Crippen molar-refractivity contribution in [3.05, 3.63) is 53.1 Å². The Kier molecular flexibility index (Phi) is 5.13. The van der Waals surface area contributed by atoms with E-state index in [1.165, 1.54) is 22.5 Å². The Morgan fingerprint density at radius 3 is 2.24 bits per heavy atom. The SMILES string of the molecule is O=C(O)c1c(Cl)cccc1-c1ccc(S(=O)(=O)N2CCCCC2)cc1. The second-order valence-corrected chi connectivity index (χ2v) is 8.30. The van der Waals surface area contributed by atoms with Crippen molar-refractivity contribution in [2.45, 2.75) is 24.2 Å². The first kappa shape index (κ1) is 17.9. The molecule has 0 radical (unpaired) electrons. The van der Waals surface area contributed by atoms with Gasteiger partial charge >= 0.3 is 5.97 Å². The van der Waals surface area contributed by atoms with Crippen molar-refractivity contribution in [3.8, 4) is 11.1 Å². The van der Waals surface area contributed by atoms with Crippen molar-refractivity contribution in [3.63, 3.8) is 0 Å². The highest BCUT2D eigenvalue weighted by molar-refractivity contribution is 7.89. The maximum Gasteiger partial charge on any atom is 0.337 e. The molecule has 0 aromatic heterocycles. The molecular formula is C18H18ClNO4S. The summed E-state index contributed by atoms with van der Waals surface area (Å²) in [6.45, 7) is 1.09. The minimum Gasteiger partial charge on any atom is -0.478 e. The van der Waals surface area contributed by atoms with Crippen LogP contribution in [0.1, 0.15) is 29.6 Å². The minimum absolute atomic E-state index is 0.0100. The number of carboxylic acid groups (broad SMARTS) is 1. The molecule has 0 spiro atoms. The predicted octanol–water partition coefficient (Wildman–Crippen LogP) is 3.88. The molecule has 0 unspecified atom stereocenters. The lowest BCUT2D eigenvalue weighted by molar-refractivity contribution is 0.0698. The molecule has 2 aromatic rings. The molecule has 1 aliphatic heterocycles. The monoisotopic (exact) mass is 379 g/mol. The standard InChI is InChI=1S/C18H18ClNO4S/c19-16-6-4-5-15(17(16)18(21)22)13-7-9-14(10-8-13)25(23,24)20-11-2-1-3-12-20/h4-10H,1-3,11-12H2,(H,21,22). The number of hydrogen-bond donors (Lipinski definition) is 1. The van der Waals surface area contributed by atoms with Gasteiger partial charge in [0.15, 0.2) is 0 Å². The quantitative estimate of drug-likeness (QED) is 0.874. The van der Waals surface area contributed by atoms with E-state index < -0.39 is 16.0 Å². The van der Waals surface area contributed by atoms with Crippen molar-refractivity contribution in [2.24, 2.45) is 0 Å². The Hall–Kier alpha value is -1.89. The highest BCUT2D eigenvalue weighted by atomic mass is 35.5. The van der Waals surface area contributed by atoms with Crippen LogP contribution in [-0.2, 0) is 10.0 Å². The van der Waals surface area contributed by atoms with Gasteiger partial charge in [0.05, 0.1) is 15.5 Å². The number of rotatable bonds is 4. The molecule has 0 bridgehead atoms. The van der Waals surface area contributed by atoms with Gasteiger partial charge in [-0.05, 0) is 42.2 Å². The van der Waals surface area contributed by atoms with Crippen LogP contribution in [0.25, 0.3) is 11.1 Å². The van der Waals surface area contributed by atoms with Crippen LogP contribution >= 0.6 is 11.6 Å². The molecule has 3 rings (SSSR count). The molecule has 5 nitrogen and oxygen atoms in total. The van der Waals surface area contributed by atoms with Crippen LogP contribution in [0.3, 0.4) is 0 Å². The van der Waals surface area contributed by atoms with Gasteiger partial charge in [-0.2, -0.15) is 4.31 Å². The Bertz CT molecular complexity index is 888. The largest absolute Gasteiger partial charge is 0.478 e. The highest BCUT2D eigenvalue weighted by Crippen LogP contribution is 2.30. The van der Waals surface area contributed by atoms with E-state index in [4.69, 9.17) is 11.6 Å². The van der Waals surface area contributed by atoms with E-state index in [0.717, 1.165) is 19.3 Å². The zero-order valence-corrected chi connectivity index (χ0v) is 15.1. The molecule has 7 heteroatoms. The Labute approximate surface area is 151 Å². The molecule has 0 aliphatic carbocycles. The third kappa shape index (κ3) is 3.56. The van der Waals surface area contributed by atoms with E-state index in [2.05, 4.69) is 0 Å². The number of carboxylic acids is 1. The van der Waals surface area contributed by atoms with Crippen molar-refractivity contribution in [1.29, 1.82) is 0 Å². The van der Waals surface area contributed by atoms with Gasteiger partial charge < -0.3 is 5.11 Å². The lowest BCUT2D eigenvalue weighted by Crippen LogP contribution is -2.35. The summed E-state index contributed by atoms with van der Waals surface area (Å²) in [6, 6.07) is 11.1. The van der Waals surface area contributed by atoms with Crippen molar-refractivity contribution in [2.75, 3.05) is 13.1 Å². The second kappa shape index (κ2) is 7.15. The van der Waals surface area contributed by atoms with Crippen LogP contribution < -0.4 is 0 Å². The molecule has 1 N–H and O–H groups in total. The van der Waals surface area contributed by atoms with Gasteiger partial charge in [-0.3, -0.25) is 0 Å². The fourth-order valence-corrected chi connectivity index (χ4v) is 4.82.